The van der Waals surface area contributed by atoms with Gasteiger partial charge in [-0.2, -0.15) is 0 Å². The van der Waals surface area contributed by atoms with Crippen molar-refractivity contribution in [1.82, 2.24) is 0 Å². The minimum absolute atomic E-state index is 0.152. The van der Waals surface area contributed by atoms with Crippen LogP contribution in [0.3, 0.4) is 0 Å². The predicted octanol–water partition coefficient (Wildman–Crippen LogP) is 2.98. The Morgan fingerprint density at radius 1 is 1.50 bits per heavy atom. The first-order valence-corrected chi connectivity index (χ1v) is 3.35. The van der Waals surface area contributed by atoms with Gasteiger partial charge in [0.15, 0.2) is 6.17 Å². The molecule has 0 aliphatic heterocycles. The van der Waals surface area contributed by atoms with E-state index in [1.54, 1.807) is 0 Å². The van der Waals surface area contributed by atoms with Crippen molar-refractivity contribution in [2.75, 3.05) is 0 Å². The predicted molar refractivity (Wildman–Crippen MR) is 34.7 cm³/mol. The van der Waals surface area contributed by atoms with Crippen molar-refractivity contribution in [3.63, 3.8) is 0 Å². The quantitative estimate of drug-likeness (QED) is 0.582. The Kier molecular flexibility index (Phi) is 3.76. The summed E-state index contributed by atoms with van der Waals surface area (Å²) >= 11 is 0. The van der Waals surface area contributed by atoms with Crippen molar-refractivity contribution in [3.05, 3.63) is 6.92 Å². The molecule has 0 aromatic carbocycles. The van der Waals surface area contributed by atoms with Gasteiger partial charge in [0.05, 0.1) is 0 Å². The second-order valence-corrected chi connectivity index (χ2v) is 2.22. The van der Waals surface area contributed by atoms with E-state index in [2.05, 4.69) is 6.92 Å². The monoisotopic (exact) mass is 153 g/mol. The van der Waals surface area contributed by atoms with E-state index in [1.807, 2.05) is 0 Å². The largest absolute Gasteiger partial charge is 0.278 e. The molecule has 10 heavy (non-hydrogen) atoms. The van der Waals surface area contributed by atoms with Crippen molar-refractivity contribution in [2.45, 2.75) is 38.3 Å². The van der Waals surface area contributed by atoms with E-state index in [-0.39, 0.29) is 12.8 Å². The molecule has 0 aromatic heterocycles. The number of rotatable bonds is 4. The van der Waals surface area contributed by atoms with Crippen LogP contribution in [0.15, 0.2) is 0 Å². The lowest BCUT2D eigenvalue weighted by Crippen LogP contribution is -2.28. The number of alkyl halides is 3. The molecule has 0 saturated carbocycles. The van der Waals surface area contributed by atoms with E-state index < -0.39 is 18.5 Å². The van der Waals surface area contributed by atoms with Crippen molar-refractivity contribution in [2.24, 2.45) is 0 Å². The highest BCUT2D eigenvalue weighted by Crippen LogP contribution is 2.27. The van der Waals surface area contributed by atoms with Crippen molar-refractivity contribution >= 4 is 0 Å². The number of hydrogen-bond donors (Lipinski definition) is 0. The van der Waals surface area contributed by atoms with Crippen LogP contribution in [-0.2, 0) is 0 Å². The zero-order valence-electron chi connectivity index (χ0n) is 6.04. The molecule has 0 N–H and O–H groups in total. The molecular formula is C7H12F3. The molecule has 0 amide bonds. The van der Waals surface area contributed by atoms with Gasteiger partial charge in [-0.05, 0) is 6.42 Å². The standard InChI is InChI=1S/C7H12F3/c1-3-5-6(8)7(9,10)4-2/h6H,1,3-5H2,2H3/t6-/m0/s1. The SMILES string of the molecule is [CH2]CC[C@H](F)C(F)(F)CC. The van der Waals surface area contributed by atoms with Crippen LogP contribution in [0.1, 0.15) is 26.2 Å². The summed E-state index contributed by atoms with van der Waals surface area (Å²) in [5.74, 6) is -3.16. The molecule has 0 aliphatic carbocycles. The summed E-state index contributed by atoms with van der Waals surface area (Å²) in [7, 11) is 0. The molecule has 0 aliphatic rings. The van der Waals surface area contributed by atoms with Crippen LogP contribution in [0.25, 0.3) is 0 Å². The maximum atomic E-state index is 12.4. The van der Waals surface area contributed by atoms with Crippen LogP contribution in [0.2, 0.25) is 0 Å². The molecule has 61 valence electrons. The van der Waals surface area contributed by atoms with Gasteiger partial charge in [0.1, 0.15) is 0 Å². The van der Waals surface area contributed by atoms with Gasteiger partial charge in [-0.3, -0.25) is 0 Å². The van der Waals surface area contributed by atoms with Crippen LogP contribution in [0.5, 0.6) is 0 Å². The lowest BCUT2D eigenvalue weighted by molar-refractivity contribution is -0.0769. The molecule has 1 atom stereocenters. The van der Waals surface area contributed by atoms with Gasteiger partial charge in [-0.25, -0.2) is 13.2 Å². The molecule has 0 saturated heterocycles. The highest BCUT2D eigenvalue weighted by molar-refractivity contribution is 4.75. The maximum Gasteiger partial charge on any atom is 0.278 e. The number of hydrogen-bond acceptors (Lipinski definition) is 0. The van der Waals surface area contributed by atoms with E-state index in [9.17, 15) is 13.2 Å². The zero-order valence-corrected chi connectivity index (χ0v) is 6.04. The van der Waals surface area contributed by atoms with Crippen LogP contribution in [0.4, 0.5) is 13.2 Å². The summed E-state index contributed by atoms with van der Waals surface area (Å²) in [5.41, 5.74) is 0. The molecular weight excluding hydrogens is 141 g/mol. The zero-order chi connectivity index (χ0) is 8.20. The highest BCUT2D eigenvalue weighted by atomic mass is 19.3. The van der Waals surface area contributed by atoms with Crippen LogP contribution < -0.4 is 0 Å². The Balaban J connectivity index is 3.78. The molecule has 0 nitrogen and oxygen atoms in total. The molecule has 0 spiro atoms. The van der Waals surface area contributed by atoms with Gasteiger partial charge in [-0.15, -0.1) is 0 Å². The third-order valence-corrected chi connectivity index (χ3v) is 1.39. The summed E-state index contributed by atoms with van der Waals surface area (Å²) in [5, 5.41) is 0. The van der Waals surface area contributed by atoms with E-state index in [0.29, 0.717) is 0 Å². The van der Waals surface area contributed by atoms with Crippen molar-refractivity contribution < 1.29 is 13.2 Å². The van der Waals surface area contributed by atoms with E-state index >= 15 is 0 Å². The van der Waals surface area contributed by atoms with E-state index in [4.69, 9.17) is 0 Å². The lowest BCUT2D eigenvalue weighted by Gasteiger charge is -2.17. The Labute approximate surface area is 59.4 Å². The van der Waals surface area contributed by atoms with Gasteiger partial charge in [0.2, 0.25) is 0 Å². The molecule has 0 unspecified atom stereocenters. The van der Waals surface area contributed by atoms with Gasteiger partial charge >= 0.3 is 0 Å². The fourth-order valence-corrected chi connectivity index (χ4v) is 0.612. The first-order valence-electron chi connectivity index (χ1n) is 3.35. The molecule has 0 heterocycles. The minimum Gasteiger partial charge on any atom is -0.241 e. The van der Waals surface area contributed by atoms with Gasteiger partial charge in [0, 0.05) is 6.42 Å². The average Bonchev–Trinajstić information content (AvgIpc) is 1.89. The van der Waals surface area contributed by atoms with Gasteiger partial charge < -0.3 is 0 Å². The van der Waals surface area contributed by atoms with Gasteiger partial charge in [0.25, 0.3) is 5.92 Å². The fraction of sp³-hybridized carbons (Fsp3) is 0.857. The summed E-state index contributed by atoms with van der Waals surface area (Å²) in [4.78, 5) is 0. The molecule has 0 bridgehead atoms. The van der Waals surface area contributed by atoms with Crippen LogP contribution >= 0.6 is 0 Å². The van der Waals surface area contributed by atoms with Gasteiger partial charge in [-0.1, -0.05) is 20.3 Å². The first kappa shape index (κ1) is 9.79. The topological polar surface area (TPSA) is 0 Å². The average molecular weight is 153 g/mol. The fourth-order valence-electron chi connectivity index (χ4n) is 0.612. The second-order valence-electron chi connectivity index (χ2n) is 2.22. The Hall–Kier alpha value is -0.210. The summed E-state index contributed by atoms with van der Waals surface area (Å²) in [6.45, 7) is 4.57. The van der Waals surface area contributed by atoms with Crippen molar-refractivity contribution in [3.8, 4) is 0 Å². The lowest BCUT2D eigenvalue weighted by atomic mass is 10.1. The normalized spacial score (nSPS) is 15.3. The summed E-state index contributed by atoms with van der Waals surface area (Å²) < 4.78 is 37.1. The summed E-state index contributed by atoms with van der Waals surface area (Å²) in [6.07, 6.45) is -2.39. The Morgan fingerprint density at radius 3 is 2.30 bits per heavy atom. The molecule has 0 aromatic rings. The van der Waals surface area contributed by atoms with Crippen molar-refractivity contribution in [1.29, 1.82) is 0 Å². The summed E-state index contributed by atoms with van der Waals surface area (Å²) in [6, 6.07) is 0. The molecule has 0 rings (SSSR count). The highest BCUT2D eigenvalue weighted by Gasteiger charge is 2.36. The molecule has 3 heteroatoms. The third kappa shape index (κ3) is 2.58. The Morgan fingerprint density at radius 2 is 2.00 bits per heavy atom. The van der Waals surface area contributed by atoms with E-state index in [1.165, 1.54) is 6.92 Å². The first-order chi connectivity index (χ1) is 4.54. The van der Waals surface area contributed by atoms with Crippen LogP contribution in [0, 0.1) is 6.92 Å². The number of halogens is 3. The van der Waals surface area contributed by atoms with E-state index in [0.717, 1.165) is 0 Å². The van der Waals surface area contributed by atoms with Crippen LogP contribution in [-0.4, -0.2) is 12.1 Å². The third-order valence-electron chi connectivity index (χ3n) is 1.39. The second kappa shape index (κ2) is 3.84. The molecule has 0 fully saturated rings. The molecule has 1 radical (unpaired) electrons. The minimum atomic E-state index is -3.16. The Bertz CT molecular complexity index is 90.9. The maximum absolute atomic E-state index is 12.4. The smallest absolute Gasteiger partial charge is 0.241 e.